The van der Waals surface area contributed by atoms with E-state index in [0.29, 0.717) is 12.5 Å². The summed E-state index contributed by atoms with van der Waals surface area (Å²) in [5.41, 5.74) is 1.17. The Morgan fingerprint density at radius 1 is 1.40 bits per heavy atom. The van der Waals surface area contributed by atoms with Crippen LogP contribution in [0.25, 0.3) is 0 Å². The van der Waals surface area contributed by atoms with Crippen LogP contribution in [-0.4, -0.2) is 23.2 Å². The van der Waals surface area contributed by atoms with Gasteiger partial charge < -0.3 is 9.84 Å². The molecule has 0 saturated carbocycles. The summed E-state index contributed by atoms with van der Waals surface area (Å²) in [5, 5.41) is 7.34. The fourth-order valence-corrected chi connectivity index (χ4v) is 2.71. The molecule has 1 aromatic carbocycles. The molecule has 20 heavy (non-hydrogen) atoms. The second-order valence-electron chi connectivity index (χ2n) is 4.95. The molecule has 1 aromatic heterocycles. The number of halogens is 1. The first-order chi connectivity index (χ1) is 9.63. The van der Waals surface area contributed by atoms with Crippen molar-refractivity contribution >= 4 is 15.9 Å². The average Bonchev–Trinajstić information content (AvgIpc) is 2.87. The Hall–Kier alpha value is -1.20. The van der Waals surface area contributed by atoms with Gasteiger partial charge in [-0.2, -0.15) is 4.98 Å². The van der Waals surface area contributed by atoms with Crippen LogP contribution in [0, 0.1) is 0 Å². The number of rotatable bonds is 6. The minimum atomic E-state index is 0.253. The molecule has 0 amide bonds. The number of aromatic nitrogens is 2. The molecule has 2 atom stereocenters. The van der Waals surface area contributed by atoms with E-state index in [4.69, 9.17) is 4.52 Å². The van der Waals surface area contributed by atoms with Crippen molar-refractivity contribution in [3.63, 3.8) is 0 Å². The minimum Gasteiger partial charge on any atom is -0.339 e. The molecular weight excluding hydrogens is 318 g/mol. The Bertz CT molecular complexity index is 556. The van der Waals surface area contributed by atoms with E-state index >= 15 is 0 Å². The van der Waals surface area contributed by atoms with Crippen LogP contribution in [0.4, 0.5) is 0 Å². The highest BCUT2D eigenvalue weighted by Gasteiger charge is 2.22. The topological polar surface area (TPSA) is 51.0 Å². The van der Waals surface area contributed by atoms with Crippen molar-refractivity contribution in [1.29, 1.82) is 0 Å². The molecule has 0 bridgehead atoms. The molecule has 2 rings (SSSR count). The van der Waals surface area contributed by atoms with Gasteiger partial charge in [-0.3, -0.25) is 0 Å². The van der Waals surface area contributed by atoms with Crippen LogP contribution in [0.3, 0.4) is 0 Å². The summed E-state index contributed by atoms with van der Waals surface area (Å²) < 4.78 is 6.49. The first-order valence-corrected chi connectivity index (χ1v) is 7.67. The Labute approximate surface area is 128 Å². The van der Waals surface area contributed by atoms with E-state index in [0.717, 1.165) is 22.6 Å². The van der Waals surface area contributed by atoms with Crippen LogP contribution < -0.4 is 5.32 Å². The molecule has 2 unspecified atom stereocenters. The van der Waals surface area contributed by atoms with E-state index in [2.05, 4.69) is 57.4 Å². The number of likely N-dealkylation sites (N-methyl/N-ethyl adjacent to an activating group) is 1. The minimum absolute atomic E-state index is 0.253. The summed E-state index contributed by atoms with van der Waals surface area (Å²) in [7, 11) is 1.95. The van der Waals surface area contributed by atoms with Crippen molar-refractivity contribution < 1.29 is 4.52 Å². The predicted octanol–water partition coefficient (Wildman–Crippen LogP) is 3.52. The fourth-order valence-electron chi connectivity index (χ4n) is 2.26. The van der Waals surface area contributed by atoms with E-state index < -0.39 is 0 Å². The van der Waals surface area contributed by atoms with E-state index in [1.807, 2.05) is 19.2 Å². The molecule has 5 heteroatoms. The molecular formula is C15H20BrN3O. The van der Waals surface area contributed by atoms with Gasteiger partial charge in [0.05, 0.1) is 5.92 Å². The number of hydrogen-bond donors (Lipinski definition) is 1. The fraction of sp³-hybridized carbons (Fsp3) is 0.467. The lowest BCUT2D eigenvalue weighted by atomic mass is 9.98. The predicted molar refractivity (Wildman–Crippen MR) is 82.8 cm³/mol. The molecule has 108 valence electrons. The zero-order valence-corrected chi connectivity index (χ0v) is 13.6. The van der Waals surface area contributed by atoms with Crippen molar-refractivity contribution in [2.45, 2.75) is 38.6 Å². The van der Waals surface area contributed by atoms with Gasteiger partial charge in [-0.25, -0.2) is 0 Å². The summed E-state index contributed by atoms with van der Waals surface area (Å²) in [6.45, 7) is 4.27. The van der Waals surface area contributed by atoms with E-state index in [1.54, 1.807) is 0 Å². The highest BCUT2D eigenvalue weighted by Crippen LogP contribution is 2.22. The van der Waals surface area contributed by atoms with Crippen molar-refractivity contribution in [1.82, 2.24) is 15.5 Å². The third-order valence-corrected chi connectivity index (χ3v) is 4.04. The van der Waals surface area contributed by atoms with Gasteiger partial charge in [0, 0.05) is 16.9 Å². The second kappa shape index (κ2) is 6.99. The maximum Gasteiger partial charge on any atom is 0.231 e. The lowest BCUT2D eigenvalue weighted by molar-refractivity contribution is 0.320. The maximum atomic E-state index is 5.43. The van der Waals surface area contributed by atoms with Gasteiger partial charge in [-0.1, -0.05) is 40.1 Å². The lowest BCUT2D eigenvalue weighted by Crippen LogP contribution is -2.28. The van der Waals surface area contributed by atoms with Crippen LogP contribution in [0.5, 0.6) is 0 Å². The molecule has 1 N–H and O–H groups in total. The summed E-state index contributed by atoms with van der Waals surface area (Å²) in [5.74, 6) is 1.71. The Kier molecular flexibility index (Phi) is 5.31. The lowest BCUT2D eigenvalue weighted by Gasteiger charge is -2.17. The molecule has 0 aliphatic rings. The Morgan fingerprint density at radius 2 is 2.20 bits per heavy atom. The maximum absolute atomic E-state index is 5.43. The monoisotopic (exact) mass is 337 g/mol. The summed E-state index contributed by atoms with van der Waals surface area (Å²) in [4.78, 5) is 4.54. The van der Waals surface area contributed by atoms with Gasteiger partial charge in [0.1, 0.15) is 0 Å². The SMILES string of the molecule is CCC(c1nc(Cc2cccc(Br)c2)no1)C(C)NC. The molecule has 0 spiro atoms. The van der Waals surface area contributed by atoms with Gasteiger partial charge in [0.25, 0.3) is 0 Å². The average molecular weight is 338 g/mol. The molecule has 2 aromatic rings. The van der Waals surface area contributed by atoms with Crippen molar-refractivity contribution in [2.24, 2.45) is 0 Å². The van der Waals surface area contributed by atoms with E-state index in [1.165, 1.54) is 5.56 Å². The van der Waals surface area contributed by atoms with Crippen LogP contribution >= 0.6 is 15.9 Å². The molecule has 4 nitrogen and oxygen atoms in total. The van der Waals surface area contributed by atoms with E-state index in [-0.39, 0.29) is 5.92 Å². The normalized spacial score (nSPS) is 14.2. The van der Waals surface area contributed by atoms with Gasteiger partial charge >= 0.3 is 0 Å². The Morgan fingerprint density at radius 3 is 2.85 bits per heavy atom. The summed E-state index contributed by atoms with van der Waals surface area (Å²) >= 11 is 3.47. The first-order valence-electron chi connectivity index (χ1n) is 6.88. The van der Waals surface area contributed by atoms with Gasteiger partial charge in [-0.15, -0.1) is 0 Å². The van der Waals surface area contributed by atoms with Crippen LogP contribution in [0.2, 0.25) is 0 Å². The number of benzene rings is 1. The molecule has 0 saturated heterocycles. The van der Waals surface area contributed by atoms with E-state index in [9.17, 15) is 0 Å². The highest BCUT2D eigenvalue weighted by atomic mass is 79.9. The molecule has 0 aliphatic carbocycles. The largest absolute Gasteiger partial charge is 0.339 e. The number of nitrogens with zero attached hydrogens (tertiary/aromatic N) is 2. The molecule has 1 heterocycles. The quantitative estimate of drug-likeness (QED) is 0.876. The van der Waals surface area contributed by atoms with Crippen molar-refractivity contribution in [2.75, 3.05) is 7.05 Å². The van der Waals surface area contributed by atoms with Crippen molar-refractivity contribution in [3.8, 4) is 0 Å². The zero-order valence-electron chi connectivity index (χ0n) is 12.1. The summed E-state index contributed by atoms with van der Waals surface area (Å²) in [6, 6.07) is 8.47. The highest BCUT2D eigenvalue weighted by molar-refractivity contribution is 9.10. The summed E-state index contributed by atoms with van der Waals surface area (Å²) in [6.07, 6.45) is 1.66. The second-order valence-corrected chi connectivity index (χ2v) is 5.86. The zero-order chi connectivity index (χ0) is 14.5. The molecule has 0 aliphatic heterocycles. The van der Waals surface area contributed by atoms with Crippen molar-refractivity contribution in [3.05, 3.63) is 46.0 Å². The first kappa shape index (κ1) is 15.2. The molecule has 0 fully saturated rings. The number of hydrogen-bond acceptors (Lipinski definition) is 4. The third-order valence-electron chi connectivity index (χ3n) is 3.55. The Balaban J connectivity index is 2.12. The van der Waals surface area contributed by atoms with Gasteiger partial charge in [0.15, 0.2) is 5.82 Å². The standard InChI is InChI=1S/C15H20BrN3O/c1-4-13(10(2)17-3)15-18-14(19-20-15)9-11-6-5-7-12(16)8-11/h5-8,10,13,17H,4,9H2,1-3H3. The van der Waals surface area contributed by atoms with Gasteiger partial charge in [-0.05, 0) is 38.1 Å². The third kappa shape index (κ3) is 3.67. The van der Waals surface area contributed by atoms with Gasteiger partial charge in [0.2, 0.25) is 5.89 Å². The number of nitrogens with one attached hydrogen (secondary N) is 1. The molecule has 0 radical (unpaired) electrons. The van der Waals surface area contributed by atoms with Crippen LogP contribution in [-0.2, 0) is 6.42 Å². The van der Waals surface area contributed by atoms with Crippen LogP contribution in [0.1, 0.15) is 43.5 Å². The smallest absolute Gasteiger partial charge is 0.231 e. The van der Waals surface area contributed by atoms with Crippen LogP contribution in [0.15, 0.2) is 33.3 Å².